The topological polar surface area (TPSA) is 110 Å². The Kier molecular flexibility index (Phi) is 5.65. The van der Waals surface area contributed by atoms with Crippen LogP contribution in [0.25, 0.3) is 11.4 Å². The fraction of sp³-hybridized carbons (Fsp3) is 0.444. The second-order valence-corrected chi connectivity index (χ2v) is 8.00. The second kappa shape index (κ2) is 7.96. The van der Waals surface area contributed by atoms with Crippen molar-refractivity contribution in [3.05, 3.63) is 30.1 Å². The number of nitrogens with zero attached hydrogens (tertiary/aromatic N) is 4. The Balaban J connectivity index is 1.70. The SMILES string of the molecule is C[C@H](Sc1nnc(-c2cccc(F)c2)n1N)C(=O)NC1(C#N)CCCCC1. The number of hydrogen-bond acceptors (Lipinski definition) is 6. The highest BCUT2D eigenvalue weighted by Gasteiger charge is 2.35. The summed E-state index contributed by atoms with van der Waals surface area (Å²) in [5.74, 6) is 5.71. The molecule has 0 radical (unpaired) electrons. The van der Waals surface area contributed by atoms with Crippen molar-refractivity contribution in [1.29, 1.82) is 5.26 Å². The van der Waals surface area contributed by atoms with Gasteiger partial charge in [0.05, 0.1) is 11.3 Å². The van der Waals surface area contributed by atoms with Gasteiger partial charge in [0.2, 0.25) is 11.1 Å². The monoisotopic (exact) mass is 388 g/mol. The van der Waals surface area contributed by atoms with Crippen LogP contribution >= 0.6 is 11.8 Å². The Morgan fingerprint density at radius 2 is 2.15 bits per heavy atom. The van der Waals surface area contributed by atoms with Crippen LogP contribution in [0.2, 0.25) is 0 Å². The number of nitriles is 1. The summed E-state index contributed by atoms with van der Waals surface area (Å²) in [4.78, 5) is 12.6. The minimum Gasteiger partial charge on any atom is -0.337 e. The van der Waals surface area contributed by atoms with Gasteiger partial charge < -0.3 is 11.2 Å². The van der Waals surface area contributed by atoms with Gasteiger partial charge in [-0.3, -0.25) is 4.79 Å². The van der Waals surface area contributed by atoms with Crippen molar-refractivity contribution in [2.75, 3.05) is 5.84 Å². The van der Waals surface area contributed by atoms with Crippen LogP contribution in [0.4, 0.5) is 4.39 Å². The van der Waals surface area contributed by atoms with Gasteiger partial charge in [-0.2, -0.15) is 5.26 Å². The van der Waals surface area contributed by atoms with E-state index in [1.165, 1.54) is 16.8 Å². The first-order valence-corrected chi connectivity index (χ1v) is 9.68. The summed E-state index contributed by atoms with van der Waals surface area (Å²) in [5.41, 5.74) is -0.285. The van der Waals surface area contributed by atoms with Crippen LogP contribution in [0.1, 0.15) is 39.0 Å². The number of aromatic nitrogens is 3. The molecule has 7 nitrogen and oxygen atoms in total. The molecule has 1 aromatic heterocycles. The number of carbonyl (C=O) groups excluding carboxylic acids is 1. The van der Waals surface area contributed by atoms with Crippen molar-refractivity contribution in [2.24, 2.45) is 0 Å². The molecule has 1 aromatic carbocycles. The number of halogens is 1. The van der Waals surface area contributed by atoms with Gasteiger partial charge in [-0.15, -0.1) is 10.2 Å². The number of nitrogen functional groups attached to an aromatic ring is 1. The number of amides is 1. The van der Waals surface area contributed by atoms with Crippen LogP contribution in [-0.4, -0.2) is 31.6 Å². The highest BCUT2D eigenvalue weighted by atomic mass is 32.2. The number of benzene rings is 1. The Hall–Kier alpha value is -2.60. The smallest absolute Gasteiger partial charge is 0.234 e. The zero-order valence-electron chi connectivity index (χ0n) is 15.0. The summed E-state index contributed by atoms with van der Waals surface area (Å²) in [6.07, 6.45) is 4.29. The van der Waals surface area contributed by atoms with Gasteiger partial charge in [0.1, 0.15) is 11.4 Å². The molecule has 1 atom stereocenters. The quantitative estimate of drug-likeness (QED) is 0.602. The molecule has 1 aliphatic carbocycles. The Morgan fingerprint density at radius 1 is 1.41 bits per heavy atom. The van der Waals surface area contributed by atoms with Crippen LogP contribution in [0, 0.1) is 17.1 Å². The van der Waals surface area contributed by atoms with Crippen molar-refractivity contribution in [3.63, 3.8) is 0 Å². The van der Waals surface area contributed by atoms with E-state index >= 15 is 0 Å². The molecule has 1 saturated carbocycles. The van der Waals surface area contributed by atoms with E-state index in [1.54, 1.807) is 19.1 Å². The third kappa shape index (κ3) is 4.22. The molecule has 0 aliphatic heterocycles. The third-order valence-electron chi connectivity index (χ3n) is 4.68. The van der Waals surface area contributed by atoms with E-state index in [0.717, 1.165) is 31.0 Å². The van der Waals surface area contributed by atoms with Gasteiger partial charge in [-0.1, -0.05) is 43.2 Å². The first-order valence-electron chi connectivity index (χ1n) is 8.80. The first kappa shape index (κ1) is 19.2. The number of nitrogens with one attached hydrogen (secondary N) is 1. The molecule has 0 bridgehead atoms. The summed E-state index contributed by atoms with van der Waals surface area (Å²) in [6.45, 7) is 1.73. The maximum Gasteiger partial charge on any atom is 0.234 e. The Morgan fingerprint density at radius 3 is 2.81 bits per heavy atom. The van der Waals surface area contributed by atoms with Gasteiger partial charge in [0.15, 0.2) is 5.82 Å². The molecule has 3 N–H and O–H groups in total. The van der Waals surface area contributed by atoms with E-state index in [-0.39, 0.29) is 5.91 Å². The fourth-order valence-corrected chi connectivity index (χ4v) is 3.92. The van der Waals surface area contributed by atoms with Crippen molar-refractivity contribution < 1.29 is 9.18 Å². The molecule has 27 heavy (non-hydrogen) atoms. The van der Waals surface area contributed by atoms with E-state index in [2.05, 4.69) is 21.6 Å². The molecule has 3 rings (SSSR count). The predicted octanol–water partition coefficient (Wildman–Crippen LogP) is 2.62. The minimum atomic E-state index is -0.784. The van der Waals surface area contributed by atoms with Crippen molar-refractivity contribution >= 4 is 17.7 Å². The molecule has 0 spiro atoms. The van der Waals surface area contributed by atoms with Crippen LogP contribution in [0.3, 0.4) is 0 Å². The standard InChI is InChI=1S/C18H21FN6OS/c1-12(16(26)22-18(11-20)8-3-2-4-9-18)27-17-24-23-15(25(17)21)13-6-5-7-14(19)10-13/h5-7,10,12H,2-4,8-9,21H2,1H3,(H,22,26)/t12-/m0/s1. The molecule has 1 heterocycles. The molecular formula is C18H21FN6OS. The molecule has 0 saturated heterocycles. The predicted molar refractivity (Wildman–Crippen MR) is 100 cm³/mol. The Labute approximate surface area is 161 Å². The van der Waals surface area contributed by atoms with Crippen molar-refractivity contribution in [3.8, 4) is 17.5 Å². The Bertz CT molecular complexity index is 871. The molecule has 2 aromatic rings. The number of carbonyl (C=O) groups is 1. The maximum atomic E-state index is 13.4. The van der Waals surface area contributed by atoms with Crippen molar-refractivity contribution in [1.82, 2.24) is 20.2 Å². The summed E-state index contributed by atoms with van der Waals surface area (Å²) in [5, 5.41) is 20.3. The average molecular weight is 388 g/mol. The largest absolute Gasteiger partial charge is 0.337 e. The lowest BCUT2D eigenvalue weighted by molar-refractivity contribution is -0.121. The molecule has 142 valence electrons. The van der Waals surface area contributed by atoms with Gasteiger partial charge in [-0.05, 0) is 31.9 Å². The molecule has 1 amide bonds. The number of thioether (sulfide) groups is 1. The molecule has 0 unspecified atom stereocenters. The average Bonchev–Trinajstić information content (AvgIpc) is 3.03. The summed E-state index contributed by atoms with van der Waals surface area (Å²) in [7, 11) is 0. The second-order valence-electron chi connectivity index (χ2n) is 6.69. The highest BCUT2D eigenvalue weighted by molar-refractivity contribution is 8.00. The number of nitrogens with two attached hydrogens (primary N) is 1. The minimum absolute atomic E-state index is 0.237. The van der Waals surface area contributed by atoms with Crippen molar-refractivity contribution in [2.45, 2.75) is 55.0 Å². The summed E-state index contributed by atoms with van der Waals surface area (Å²) < 4.78 is 14.7. The van der Waals surface area contributed by atoms with Crippen LogP contribution in [0.5, 0.6) is 0 Å². The van der Waals surface area contributed by atoms with Crippen LogP contribution < -0.4 is 11.2 Å². The van der Waals surface area contributed by atoms with Gasteiger partial charge in [0, 0.05) is 5.56 Å². The maximum absolute atomic E-state index is 13.4. The highest BCUT2D eigenvalue weighted by Crippen LogP contribution is 2.29. The lowest BCUT2D eigenvalue weighted by Crippen LogP contribution is -2.51. The van der Waals surface area contributed by atoms with Gasteiger partial charge in [0.25, 0.3) is 0 Å². The summed E-state index contributed by atoms with van der Waals surface area (Å²) >= 11 is 1.14. The third-order valence-corrected chi connectivity index (χ3v) is 5.74. The first-order chi connectivity index (χ1) is 12.9. The fourth-order valence-electron chi connectivity index (χ4n) is 3.15. The molecule has 1 aliphatic rings. The van der Waals surface area contributed by atoms with Gasteiger partial charge >= 0.3 is 0 Å². The lowest BCUT2D eigenvalue weighted by Gasteiger charge is -2.32. The van der Waals surface area contributed by atoms with E-state index in [0.29, 0.717) is 29.4 Å². The molecular weight excluding hydrogens is 367 g/mol. The van der Waals surface area contributed by atoms with E-state index in [9.17, 15) is 14.4 Å². The zero-order valence-corrected chi connectivity index (χ0v) is 15.8. The zero-order chi connectivity index (χ0) is 19.4. The van der Waals surface area contributed by atoms with Gasteiger partial charge in [-0.25, -0.2) is 9.07 Å². The van der Waals surface area contributed by atoms with Crippen LogP contribution in [-0.2, 0) is 4.79 Å². The lowest BCUT2D eigenvalue weighted by atomic mass is 9.83. The normalized spacial score (nSPS) is 17.1. The number of hydrogen-bond donors (Lipinski definition) is 2. The van der Waals surface area contributed by atoms with E-state index in [1.807, 2.05) is 0 Å². The van der Waals surface area contributed by atoms with E-state index in [4.69, 9.17) is 5.84 Å². The number of rotatable bonds is 5. The summed E-state index contributed by atoms with van der Waals surface area (Å²) in [6, 6.07) is 8.17. The van der Waals surface area contributed by atoms with E-state index < -0.39 is 16.6 Å². The molecule has 1 fully saturated rings. The molecule has 9 heteroatoms. The van der Waals surface area contributed by atoms with Crippen LogP contribution in [0.15, 0.2) is 29.4 Å².